The summed E-state index contributed by atoms with van der Waals surface area (Å²) < 4.78 is 24.0. The number of rotatable bonds is 2. The van der Waals surface area contributed by atoms with Gasteiger partial charge in [0, 0.05) is 6.20 Å². The molecule has 0 fully saturated rings. The number of hydrogen-bond donors (Lipinski definition) is 2. The second kappa shape index (κ2) is 3.44. The van der Waals surface area contributed by atoms with Crippen molar-refractivity contribution in [3.63, 3.8) is 0 Å². The topological polar surface area (TPSA) is 53.4 Å². The predicted octanol–water partition coefficient (Wildman–Crippen LogP) is 1.22. The van der Waals surface area contributed by atoms with E-state index in [0.29, 0.717) is 5.56 Å². The molecule has 12 heavy (non-hydrogen) atoms. The average Bonchev–Trinajstić information content (AvgIpc) is 2.03. The van der Waals surface area contributed by atoms with Crippen molar-refractivity contribution >= 4 is 0 Å². The van der Waals surface area contributed by atoms with Gasteiger partial charge in [0.05, 0.1) is 6.61 Å². The Balaban J connectivity index is 3.03. The Hall–Kier alpha value is -1.23. The molecule has 0 saturated carbocycles. The minimum Gasteiger partial charge on any atom is -0.506 e. The Labute approximate surface area is 67.3 Å². The summed E-state index contributed by atoms with van der Waals surface area (Å²) in [5.74, 6) is -0.587. The van der Waals surface area contributed by atoms with Gasteiger partial charge in [-0.2, -0.15) is 0 Å². The highest BCUT2D eigenvalue weighted by molar-refractivity contribution is 5.30. The third kappa shape index (κ3) is 1.68. The molecule has 1 aromatic heterocycles. The summed E-state index contributed by atoms with van der Waals surface area (Å²) in [4.78, 5) is 3.29. The van der Waals surface area contributed by atoms with Crippen LogP contribution in [-0.4, -0.2) is 15.2 Å². The molecule has 5 heteroatoms. The molecular formula is C7H7F2NO2. The van der Waals surface area contributed by atoms with Crippen molar-refractivity contribution in [2.24, 2.45) is 0 Å². The van der Waals surface area contributed by atoms with Crippen LogP contribution < -0.4 is 0 Å². The predicted molar refractivity (Wildman–Crippen MR) is 36.8 cm³/mol. The summed E-state index contributed by atoms with van der Waals surface area (Å²) in [5.41, 5.74) is -0.357. The number of aliphatic hydroxyl groups excluding tert-OH is 1. The summed E-state index contributed by atoms with van der Waals surface area (Å²) in [5, 5.41) is 17.5. The molecule has 0 bridgehead atoms. The molecule has 2 N–H and O–H groups in total. The molecule has 0 unspecified atom stereocenters. The van der Waals surface area contributed by atoms with E-state index in [4.69, 9.17) is 10.2 Å². The third-order valence-electron chi connectivity index (χ3n) is 1.34. The van der Waals surface area contributed by atoms with E-state index in [1.165, 1.54) is 0 Å². The molecular weight excluding hydrogens is 168 g/mol. The maximum Gasteiger partial charge on any atom is 0.284 e. The van der Waals surface area contributed by atoms with Gasteiger partial charge in [0.15, 0.2) is 0 Å². The van der Waals surface area contributed by atoms with Crippen LogP contribution in [0.1, 0.15) is 17.7 Å². The van der Waals surface area contributed by atoms with Gasteiger partial charge in [0.1, 0.15) is 11.4 Å². The van der Waals surface area contributed by atoms with Crippen molar-refractivity contribution in [2.45, 2.75) is 13.0 Å². The Morgan fingerprint density at radius 2 is 2.17 bits per heavy atom. The maximum atomic E-state index is 12.0. The zero-order valence-electron chi connectivity index (χ0n) is 6.04. The number of pyridine rings is 1. The Morgan fingerprint density at radius 1 is 1.50 bits per heavy atom. The molecule has 1 heterocycles. The monoisotopic (exact) mass is 175 g/mol. The normalized spacial score (nSPS) is 10.7. The van der Waals surface area contributed by atoms with Gasteiger partial charge in [0.25, 0.3) is 6.43 Å². The van der Waals surface area contributed by atoms with Gasteiger partial charge in [0.2, 0.25) is 0 Å². The van der Waals surface area contributed by atoms with Gasteiger partial charge in [-0.1, -0.05) is 0 Å². The van der Waals surface area contributed by atoms with E-state index in [9.17, 15) is 8.78 Å². The third-order valence-corrected chi connectivity index (χ3v) is 1.34. The first kappa shape index (κ1) is 8.86. The Bertz CT molecular complexity index is 278. The van der Waals surface area contributed by atoms with Gasteiger partial charge in [-0.15, -0.1) is 0 Å². The van der Waals surface area contributed by atoms with Crippen molar-refractivity contribution in [2.75, 3.05) is 0 Å². The molecule has 0 amide bonds. The summed E-state index contributed by atoms with van der Waals surface area (Å²) in [6, 6.07) is 1.06. The highest BCUT2D eigenvalue weighted by Crippen LogP contribution is 2.25. The van der Waals surface area contributed by atoms with Crippen LogP contribution in [0.25, 0.3) is 0 Å². The van der Waals surface area contributed by atoms with E-state index in [1.807, 2.05) is 0 Å². The van der Waals surface area contributed by atoms with Crippen molar-refractivity contribution in [3.8, 4) is 5.75 Å². The van der Waals surface area contributed by atoms with Crippen LogP contribution in [-0.2, 0) is 6.61 Å². The average molecular weight is 175 g/mol. The largest absolute Gasteiger partial charge is 0.506 e. The van der Waals surface area contributed by atoms with E-state index < -0.39 is 17.9 Å². The van der Waals surface area contributed by atoms with E-state index >= 15 is 0 Å². The lowest BCUT2D eigenvalue weighted by molar-refractivity contribution is 0.141. The van der Waals surface area contributed by atoms with Gasteiger partial charge in [-0.05, 0) is 11.6 Å². The summed E-state index contributed by atoms with van der Waals surface area (Å²) in [6.07, 6.45) is -1.70. The molecule has 0 aliphatic carbocycles. The fourth-order valence-corrected chi connectivity index (χ4v) is 0.760. The standard InChI is InChI=1S/C7H7F2NO2/c8-7(9)6-5(12)1-4(3-11)2-10-6/h1-2,7,11-12H,3H2. The molecule has 66 valence electrons. The smallest absolute Gasteiger partial charge is 0.284 e. The quantitative estimate of drug-likeness (QED) is 0.710. The van der Waals surface area contributed by atoms with Crippen LogP contribution in [0.5, 0.6) is 5.75 Å². The highest BCUT2D eigenvalue weighted by Gasteiger charge is 2.14. The minimum atomic E-state index is -2.79. The van der Waals surface area contributed by atoms with Crippen LogP contribution >= 0.6 is 0 Å². The van der Waals surface area contributed by atoms with Crippen LogP contribution in [0, 0.1) is 0 Å². The molecule has 0 aliphatic rings. The number of halogens is 2. The second-order valence-corrected chi connectivity index (χ2v) is 2.21. The van der Waals surface area contributed by atoms with Crippen molar-refractivity contribution in [1.29, 1.82) is 0 Å². The van der Waals surface area contributed by atoms with Gasteiger partial charge in [-0.3, -0.25) is 4.98 Å². The molecule has 0 atom stereocenters. The summed E-state index contributed by atoms with van der Waals surface area (Å²) in [7, 11) is 0. The van der Waals surface area contributed by atoms with Crippen molar-refractivity contribution in [3.05, 3.63) is 23.5 Å². The fraction of sp³-hybridized carbons (Fsp3) is 0.286. The molecule has 0 aromatic carbocycles. The zero-order valence-corrected chi connectivity index (χ0v) is 6.04. The molecule has 3 nitrogen and oxygen atoms in total. The highest BCUT2D eigenvalue weighted by atomic mass is 19.3. The van der Waals surface area contributed by atoms with Gasteiger partial charge >= 0.3 is 0 Å². The van der Waals surface area contributed by atoms with E-state index in [0.717, 1.165) is 12.3 Å². The number of alkyl halides is 2. The zero-order chi connectivity index (χ0) is 9.14. The molecule has 0 saturated heterocycles. The van der Waals surface area contributed by atoms with E-state index in [-0.39, 0.29) is 6.61 Å². The van der Waals surface area contributed by atoms with Gasteiger partial charge < -0.3 is 10.2 Å². The number of nitrogens with zero attached hydrogens (tertiary/aromatic N) is 1. The Morgan fingerprint density at radius 3 is 2.58 bits per heavy atom. The Kier molecular flexibility index (Phi) is 2.54. The number of aromatic nitrogens is 1. The SMILES string of the molecule is OCc1cnc(C(F)F)c(O)c1. The lowest BCUT2D eigenvalue weighted by Gasteiger charge is -2.02. The molecule has 1 rings (SSSR count). The first-order chi connectivity index (χ1) is 5.65. The first-order valence-corrected chi connectivity index (χ1v) is 3.22. The van der Waals surface area contributed by atoms with Crippen LogP contribution in [0.15, 0.2) is 12.3 Å². The number of hydrogen-bond acceptors (Lipinski definition) is 3. The lowest BCUT2D eigenvalue weighted by atomic mass is 10.2. The van der Waals surface area contributed by atoms with Gasteiger partial charge in [-0.25, -0.2) is 8.78 Å². The van der Waals surface area contributed by atoms with Crippen molar-refractivity contribution < 1.29 is 19.0 Å². The molecule has 0 aliphatic heterocycles. The molecule has 0 radical (unpaired) electrons. The minimum absolute atomic E-state index is 0.303. The molecule has 1 aromatic rings. The summed E-state index contributed by atoms with van der Waals surface area (Å²) in [6.45, 7) is -0.329. The second-order valence-electron chi connectivity index (χ2n) is 2.21. The number of aromatic hydroxyl groups is 1. The first-order valence-electron chi connectivity index (χ1n) is 3.22. The lowest BCUT2D eigenvalue weighted by Crippen LogP contribution is -1.93. The van der Waals surface area contributed by atoms with E-state index in [1.54, 1.807) is 0 Å². The molecule has 0 spiro atoms. The van der Waals surface area contributed by atoms with Crippen LogP contribution in [0.4, 0.5) is 8.78 Å². The fourth-order valence-electron chi connectivity index (χ4n) is 0.760. The maximum absolute atomic E-state index is 12.0. The summed E-state index contributed by atoms with van der Waals surface area (Å²) >= 11 is 0. The van der Waals surface area contributed by atoms with E-state index in [2.05, 4.69) is 4.98 Å². The number of aliphatic hydroxyl groups is 1. The van der Waals surface area contributed by atoms with Crippen LogP contribution in [0.2, 0.25) is 0 Å². The van der Waals surface area contributed by atoms with Crippen molar-refractivity contribution in [1.82, 2.24) is 4.98 Å². The van der Waals surface area contributed by atoms with Crippen LogP contribution in [0.3, 0.4) is 0 Å².